The van der Waals surface area contributed by atoms with Crippen molar-refractivity contribution in [3.63, 3.8) is 0 Å². The summed E-state index contributed by atoms with van der Waals surface area (Å²) in [5, 5.41) is 0. The molecule has 1 fully saturated rings. The number of nitrogens with two attached hydrogens (primary N) is 1. The van der Waals surface area contributed by atoms with Gasteiger partial charge in [0.25, 0.3) is 0 Å². The summed E-state index contributed by atoms with van der Waals surface area (Å²) < 4.78 is 0. The lowest BCUT2D eigenvalue weighted by Gasteiger charge is -2.31. The van der Waals surface area contributed by atoms with Gasteiger partial charge in [0, 0.05) is 24.8 Å². The predicted octanol–water partition coefficient (Wildman–Crippen LogP) is 1.63. The molecule has 1 aromatic rings. The maximum absolute atomic E-state index is 5.88. The quantitative estimate of drug-likeness (QED) is 0.757. The molecular formula is C12H19N3. The van der Waals surface area contributed by atoms with Gasteiger partial charge in [-0.1, -0.05) is 6.07 Å². The fourth-order valence-corrected chi connectivity index (χ4v) is 1.92. The van der Waals surface area contributed by atoms with Crippen molar-refractivity contribution >= 4 is 5.82 Å². The third kappa shape index (κ3) is 2.29. The zero-order valence-electron chi connectivity index (χ0n) is 9.53. The predicted molar refractivity (Wildman–Crippen MR) is 63.1 cm³/mol. The molecule has 0 amide bonds. The Balaban J connectivity index is 2.12. The standard InChI is InChI=1S/C12H19N3/c1-9-3-4-12(14-10(9)2)15-7-5-11(13)6-8-15/h3-4,11H,5-8,13H2,1-2H3. The molecule has 2 N–H and O–H groups in total. The lowest BCUT2D eigenvalue weighted by Crippen LogP contribution is -2.40. The first-order valence-corrected chi connectivity index (χ1v) is 5.61. The maximum atomic E-state index is 5.88. The summed E-state index contributed by atoms with van der Waals surface area (Å²) in [4.78, 5) is 6.94. The molecular weight excluding hydrogens is 186 g/mol. The minimum Gasteiger partial charge on any atom is -0.356 e. The van der Waals surface area contributed by atoms with Crippen LogP contribution >= 0.6 is 0 Å². The summed E-state index contributed by atoms with van der Waals surface area (Å²) in [5.74, 6) is 1.10. The summed E-state index contributed by atoms with van der Waals surface area (Å²) in [6, 6.07) is 4.64. The van der Waals surface area contributed by atoms with Gasteiger partial charge in [-0.2, -0.15) is 0 Å². The lowest BCUT2D eigenvalue weighted by atomic mass is 10.1. The second kappa shape index (κ2) is 4.19. The monoisotopic (exact) mass is 205 g/mol. The largest absolute Gasteiger partial charge is 0.356 e. The van der Waals surface area contributed by atoms with Crippen LogP contribution in [-0.2, 0) is 0 Å². The van der Waals surface area contributed by atoms with E-state index in [9.17, 15) is 0 Å². The highest BCUT2D eigenvalue weighted by Crippen LogP contribution is 2.18. The second-order valence-corrected chi connectivity index (χ2v) is 4.40. The van der Waals surface area contributed by atoms with Gasteiger partial charge in [0.1, 0.15) is 5.82 Å². The Labute approximate surface area is 91.3 Å². The Morgan fingerprint density at radius 1 is 1.27 bits per heavy atom. The van der Waals surface area contributed by atoms with E-state index < -0.39 is 0 Å². The van der Waals surface area contributed by atoms with Crippen LogP contribution in [0.1, 0.15) is 24.1 Å². The lowest BCUT2D eigenvalue weighted by molar-refractivity contribution is 0.498. The van der Waals surface area contributed by atoms with Gasteiger partial charge in [-0.15, -0.1) is 0 Å². The average Bonchev–Trinajstić information content (AvgIpc) is 2.23. The number of nitrogens with zero attached hydrogens (tertiary/aromatic N) is 2. The summed E-state index contributed by atoms with van der Waals surface area (Å²) in [6.07, 6.45) is 2.16. The van der Waals surface area contributed by atoms with Crippen molar-refractivity contribution < 1.29 is 0 Å². The van der Waals surface area contributed by atoms with Crippen LogP contribution in [0.15, 0.2) is 12.1 Å². The molecule has 0 spiro atoms. The molecule has 3 nitrogen and oxygen atoms in total. The number of aromatic nitrogens is 1. The van der Waals surface area contributed by atoms with Crippen LogP contribution in [-0.4, -0.2) is 24.1 Å². The van der Waals surface area contributed by atoms with Gasteiger partial charge in [-0.3, -0.25) is 0 Å². The molecule has 1 aliphatic heterocycles. The van der Waals surface area contributed by atoms with Crippen molar-refractivity contribution in [1.82, 2.24) is 4.98 Å². The fraction of sp³-hybridized carbons (Fsp3) is 0.583. The molecule has 0 bridgehead atoms. The van der Waals surface area contributed by atoms with Crippen molar-refractivity contribution in [2.75, 3.05) is 18.0 Å². The Morgan fingerprint density at radius 3 is 2.53 bits per heavy atom. The van der Waals surface area contributed by atoms with Crippen LogP contribution < -0.4 is 10.6 Å². The van der Waals surface area contributed by atoms with E-state index in [0.717, 1.165) is 37.4 Å². The summed E-state index contributed by atoms with van der Waals surface area (Å²) in [6.45, 7) is 6.24. The number of pyridine rings is 1. The third-order valence-electron chi connectivity index (χ3n) is 3.20. The molecule has 0 radical (unpaired) electrons. The SMILES string of the molecule is Cc1ccc(N2CCC(N)CC2)nc1C. The number of aryl methyl sites for hydroxylation is 2. The zero-order chi connectivity index (χ0) is 10.8. The third-order valence-corrected chi connectivity index (χ3v) is 3.20. The highest BCUT2D eigenvalue weighted by Gasteiger charge is 2.17. The van der Waals surface area contributed by atoms with Gasteiger partial charge in [-0.05, 0) is 38.3 Å². The van der Waals surface area contributed by atoms with E-state index >= 15 is 0 Å². The first-order valence-electron chi connectivity index (χ1n) is 5.61. The van der Waals surface area contributed by atoms with Crippen LogP contribution in [0.3, 0.4) is 0 Å². The normalized spacial score (nSPS) is 18.2. The molecule has 0 unspecified atom stereocenters. The van der Waals surface area contributed by atoms with Crippen molar-refractivity contribution in [2.45, 2.75) is 32.7 Å². The van der Waals surface area contributed by atoms with Crippen LogP contribution in [0.2, 0.25) is 0 Å². The second-order valence-electron chi connectivity index (χ2n) is 4.40. The van der Waals surface area contributed by atoms with Gasteiger partial charge in [0.15, 0.2) is 0 Å². The highest BCUT2D eigenvalue weighted by molar-refractivity contribution is 5.41. The minimum absolute atomic E-state index is 0.382. The Kier molecular flexibility index (Phi) is 2.91. The topological polar surface area (TPSA) is 42.1 Å². The zero-order valence-corrected chi connectivity index (χ0v) is 9.53. The molecule has 1 saturated heterocycles. The molecule has 2 heterocycles. The van der Waals surface area contributed by atoms with Crippen molar-refractivity contribution in [2.24, 2.45) is 5.73 Å². The van der Waals surface area contributed by atoms with Gasteiger partial charge >= 0.3 is 0 Å². The first kappa shape index (κ1) is 10.4. The number of rotatable bonds is 1. The summed E-state index contributed by atoms with van der Waals surface area (Å²) in [5.41, 5.74) is 8.27. The molecule has 1 aromatic heterocycles. The number of hydrogen-bond donors (Lipinski definition) is 1. The number of piperidine rings is 1. The smallest absolute Gasteiger partial charge is 0.128 e. The molecule has 1 aliphatic rings. The Hall–Kier alpha value is -1.09. The molecule has 82 valence electrons. The van der Waals surface area contributed by atoms with E-state index in [4.69, 9.17) is 5.73 Å². The van der Waals surface area contributed by atoms with Gasteiger partial charge in [0.2, 0.25) is 0 Å². The molecule has 2 rings (SSSR count). The van der Waals surface area contributed by atoms with Gasteiger partial charge < -0.3 is 10.6 Å². The minimum atomic E-state index is 0.382. The first-order chi connectivity index (χ1) is 7.16. The van der Waals surface area contributed by atoms with E-state index in [2.05, 4.69) is 35.9 Å². The Bertz CT molecular complexity index is 341. The highest BCUT2D eigenvalue weighted by atomic mass is 15.2. The van der Waals surface area contributed by atoms with Gasteiger partial charge in [-0.25, -0.2) is 4.98 Å². The molecule has 0 atom stereocenters. The maximum Gasteiger partial charge on any atom is 0.128 e. The molecule has 0 aromatic carbocycles. The van der Waals surface area contributed by atoms with Gasteiger partial charge in [0.05, 0.1) is 0 Å². The molecule has 0 saturated carbocycles. The van der Waals surface area contributed by atoms with Crippen molar-refractivity contribution in [1.29, 1.82) is 0 Å². The van der Waals surface area contributed by atoms with Crippen LogP contribution in [0.4, 0.5) is 5.82 Å². The van der Waals surface area contributed by atoms with E-state index in [0.29, 0.717) is 6.04 Å². The van der Waals surface area contributed by atoms with Crippen molar-refractivity contribution in [3.8, 4) is 0 Å². The van der Waals surface area contributed by atoms with E-state index in [1.807, 2.05) is 0 Å². The molecule has 0 aliphatic carbocycles. The number of anilines is 1. The van der Waals surface area contributed by atoms with Crippen LogP contribution in [0, 0.1) is 13.8 Å². The van der Waals surface area contributed by atoms with Crippen LogP contribution in [0.25, 0.3) is 0 Å². The van der Waals surface area contributed by atoms with E-state index in [1.165, 1.54) is 5.56 Å². The fourth-order valence-electron chi connectivity index (χ4n) is 1.92. The van der Waals surface area contributed by atoms with E-state index in [-0.39, 0.29) is 0 Å². The number of hydrogen-bond acceptors (Lipinski definition) is 3. The van der Waals surface area contributed by atoms with E-state index in [1.54, 1.807) is 0 Å². The summed E-state index contributed by atoms with van der Waals surface area (Å²) >= 11 is 0. The Morgan fingerprint density at radius 2 is 1.93 bits per heavy atom. The van der Waals surface area contributed by atoms with Crippen molar-refractivity contribution in [3.05, 3.63) is 23.4 Å². The summed E-state index contributed by atoms with van der Waals surface area (Å²) in [7, 11) is 0. The molecule has 3 heteroatoms. The average molecular weight is 205 g/mol. The van der Waals surface area contributed by atoms with Crippen LogP contribution in [0.5, 0.6) is 0 Å². The molecule has 15 heavy (non-hydrogen) atoms.